The molecular weight excluding hydrogens is 254 g/mol. The largest absolute Gasteiger partial charge is 0.491 e. The van der Waals surface area contributed by atoms with Gasteiger partial charge in [0.25, 0.3) is 0 Å². The molecule has 0 atom stereocenters. The Morgan fingerprint density at radius 2 is 2.00 bits per heavy atom. The summed E-state index contributed by atoms with van der Waals surface area (Å²) in [6, 6.07) is 5.81. The summed E-state index contributed by atoms with van der Waals surface area (Å²) < 4.78 is 12.5. The molecule has 0 aliphatic heterocycles. The molecule has 0 N–H and O–H groups in total. The van der Waals surface area contributed by atoms with Gasteiger partial charge in [0.1, 0.15) is 5.75 Å². The van der Waals surface area contributed by atoms with Gasteiger partial charge in [0, 0.05) is 16.6 Å². The maximum Gasteiger partial charge on any atom is 0.418 e. The predicted octanol–water partition coefficient (Wildman–Crippen LogP) is 4.05. The Morgan fingerprint density at radius 1 is 1.30 bits per heavy atom. The monoisotopic (exact) mass is 275 g/mol. The molecule has 0 unspecified atom stereocenters. The van der Waals surface area contributed by atoms with E-state index in [2.05, 4.69) is 0 Å². The van der Waals surface area contributed by atoms with Gasteiger partial charge in [0.05, 0.1) is 18.2 Å². The summed E-state index contributed by atoms with van der Waals surface area (Å²) >= 11 is 0. The maximum absolute atomic E-state index is 12.0. The van der Waals surface area contributed by atoms with E-state index in [0.29, 0.717) is 6.61 Å². The average Bonchev–Trinajstić information content (AvgIpc) is 2.70. The normalized spacial score (nSPS) is 11.1. The van der Waals surface area contributed by atoms with Crippen LogP contribution in [-0.2, 0) is 4.74 Å². The number of fused-ring (bicyclic) bond motifs is 1. The predicted molar refractivity (Wildman–Crippen MR) is 79.6 cm³/mol. The molecular formula is C16H21NO3. The van der Waals surface area contributed by atoms with Crippen LogP contribution in [0.1, 0.15) is 32.0 Å². The van der Waals surface area contributed by atoms with Crippen LogP contribution < -0.4 is 4.74 Å². The Balaban J connectivity index is 2.56. The van der Waals surface area contributed by atoms with Crippen molar-refractivity contribution in [2.75, 3.05) is 6.61 Å². The Bertz CT molecular complexity index is 641. The zero-order valence-electron chi connectivity index (χ0n) is 12.7. The van der Waals surface area contributed by atoms with Crippen molar-refractivity contribution in [3.8, 4) is 5.75 Å². The summed E-state index contributed by atoms with van der Waals surface area (Å²) in [6.07, 6.45) is -0.212. The molecule has 1 aromatic carbocycles. The highest BCUT2D eigenvalue weighted by molar-refractivity contribution is 5.93. The van der Waals surface area contributed by atoms with Gasteiger partial charge in [-0.05, 0) is 52.8 Å². The highest BCUT2D eigenvalue weighted by atomic mass is 16.5. The number of aromatic nitrogens is 1. The van der Waals surface area contributed by atoms with E-state index in [0.717, 1.165) is 27.9 Å². The van der Waals surface area contributed by atoms with Crippen molar-refractivity contribution in [2.45, 2.75) is 40.7 Å². The molecule has 2 rings (SSSR count). The molecule has 1 heterocycles. The standard InChI is InChI=1S/C16H21NO3/c1-6-19-16(18)17-11(4)9-13-12(5)15(20-10(2)3)8-7-14(13)17/h7-10H,6H2,1-5H3. The van der Waals surface area contributed by atoms with Gasteiger partial charge in [-0.15, -0.1) is 0 Å². The molecule has 0 aliphatic rings. The number of hydrogen-bond acceptors (Lipinski definition) is 3. The smallest absolute Gasteiger partial charge is 0.418 e. The van der Waals surface area contributed by atoms with Gasteiger partial charge in [0.15, 0.2) is 0 Å². The van der Waals surface area contributed by atoms with Crippen molar-refractivity contribution >= 4 is 17.0 Å². The molecule has 1 aromatic heterocycles. The fourth-order valence-electron chi connectivity index (χ4n) is 2.35. The lowest BCUT2D eigenvalue weighted by Gasteiger charge is -2.13. The number of ether oxygens (including phenoxy) is 2. The molecule has 0 radical (unpaired) electrons. The minimum Gasteiger partial charge on any atom is -0.491 e. The van der Waals surface area contributed by atoms with Crippen molar-refractivity contribution in [3.05, 3.63) is 29.5 Å². The number of rotatable bonds is 3. The van der Waals surface area contributed by atoms with E-state index in [-0.39, 0.29) is 12.2 Å². The van der Waals surface area contributed by atoms with E-state index < -0.39 is 0 Å². The number of hydrogen-bond donors (Lipinski definition) is 0. The third kappa shape index (κ3) is 2.50. The molecule has 0 aliphatic carbocycles. The second-order valence-electron chi connectivity index (χ2n) is 5.11. The van der Waals surface area contributed by atoms with Gasteiger partial charge < -0.3 is 9.47 Å². The summed E-state index contributed by atoms with van der Waals surface area (Å²) in [6.45, 7) is 10.1. The van der Waals surface area contributed by atoms with Gasteiger partial charge in [0.2, 0.25) is 0 Å². The lowest BCUT2D eigenvalue weighted by Crippen LogP contribution is -2.14. The number of benzene rings is 1. The lowest BCUT2D eigenvalue weighted by molar-refractivity contribution is 0.154. The first-order chi connectivity index (χ1) is 9.45. The molecule has 0 fully saturated rings. The molecule has 0 saturated heterocycles. The molecule has 2 aromatic rings. The van der Waals surface area contributed by atoms with Crippen molar-refractivity contribution in [3.63, 3.8) is 0 Å². The van der Waals surface area contributed by atoms with Crippen molar-refractivity contribution in [1.82, 2.24) is 4.57 Å². The Hall–Kier alpha value is -1.97. The molecule has 20 heavy (non-hydrogen) atoms. The highest BCUT2D eigenvalue weighted by Gasteiger charge is 2.16. The number of carbonyl (C=O) groups excluding carboxylic acids is 1. The molecule has 108 valence electrons. The Morgan fingerprint density at radius 3 is 2.60 bits per heavy atom. The molecule has 0 amide bonds. The SMILES string of the molecule is CCOC(=O)n1c(C)cc2c(C)c(OC(C)C)ccc21. The fourth-order valence-corrected chi connectivity index (χ4v) is 2.35. The third-order valence-electron chi connectivity index (χ3n) is 3.20. The second kappa shape index (κ2) is 5.57. The van der Waals surface area contributed by atoms with Gasteiger partial charge in [-0.2, -0.15) is 0 Å². The van der Waals surface area contributed by atoms with Crippen LogP contribution in [0.4, 0.5) is 4.79 Å². The summed E-state index contributed by atoms with van der Waals surface area (Å²) in [4.78, 5) is 12.0. The van der Waals surface area contributed by atoms with Crippen LogP contribution in [0.5, 0.6) is 5.75 Å². The average molecular weight is 275 g/mol. The van der Waals surface area contributed by atoms with Gasteiger partial charge in [-0.25, -0.2) is 9.36 Å². The van der Waals surface area contributed by atoms with Crippen LogP contribution in [0.3, 0.4) is 0 Å². The van der Waals surface area contributed by atoms with Crippen molar-refractivity contribution in [2.24, 2.45) is 0 Å². The van der Waals surface area contributed by atoms with Crippen LogP contribution >= 0.6 is 0 Å². The summed E-state index contributed by atoms with van der Waals surface area (Å²) in [5.41, 5.74) is 2.76. The van der Waals surface area contributed by atoms with Crippen molar-refractivity contribution in [1.29, 1.82) is 0 Å². The molecule has 4 nitrogen and oxygen atoms in total. The van der Waals surface area contributed by atoms with Crippen LogP contribution in [0.15, 0.2) is 18.2 Å². The maximum atomic E-state index is 12.0. The first-order valence-electron chi connectivity index (χ1n) is 6.91. The van der Waals surface area contributed by atoms with Gasteiger partial charge >= 0.3 is 6.09 Å². The number of aryl methyl sites for hydroxylation is 2. The van der Waals surface area contributed by atoms with E-state index >= 15 is 0 Å². The second-order valence-corrected chi connectivity index (χ2v) is 5.11. The Labute approximate surface area is 119 Å². The third-order valence-corrected chi connectivity index (χ3v) is 3.20. The topological polar surface area (TPSA) is 40.5 Å². The van der Waals surface area contributed by atoms with Crippen LogP contribution in [0.2, 0.25) is 0 Å². The van der Waals surface area contributed by atoms with Gasteiger partial charge in [-0.1, -0.05) is 0 Å². The molecule has 0 saturated carbocycles. The highest BCUT2D eigenvalue weighted by Crippen LogP contribution is 2.30. The summed E-state index contributed by atoms with van der Waals surface area (Å²) in [7, 11) is 0. The van der Waals surface area contributed by atoms with E-state index in [1.54, 1.807) is 11.5 Å². The number of carbonyl (C=O) groups is 1. The van der Waals surface area contributed by atoms with E-state index in [4.69, 9.17) is 9.47 Å². The van der Waals surface area contributed by atoms with Crippen LogP contribution in [0.25, 0.3) is 10.9 Å². The minimum atomic E-state index is -0.336. The van der Waals surface area contributed by atoms with Crippen LogP contribution in [-0.4, -0.2) is 23.4 Å². The summed E-state index contributed by atoms with van der Waals surface area (Å²) in [5, 5.41) is 1.02. The first kappa shape index (κ1) is 14.4. The van der Waals surface area contributed by atoms with E-state index in [1.807, 2.05) is 45.9 Å². The minimum absolute atomic E-state index is 0.124. The first-order valence-corrected chi connectivity index (χ1v) is 6.91. The lowest BCUT2D eigenvalue weighted by atomic mass is 10.1. The number of nitrogens with zero attached hydrogens (tertiary/aromatic N) is 1. The van der Waals surface area contributed by atoms with Crippen molar-refractivity contribution < 1.29 is 14.3 Å². The molecule has 0 bridgehead atoms. The zero-order chi connectivity index (χ0) is 14.9. The van der Waals surface area contributed by atoms with Gasteiger partial charge in [-0.3, -0.25) is 0 Å². The van der Waals surface area contributed by atoms with Crippen LogP contribution in [0, 0.1) is 13.8 Å². The summed E-state index contributed by atoms with van der Waals surface area (Å²) in [5.74, 6) is 0.855. The fraction of sp³-hybridized carbons (Fsp3) is 0.438. The molecule has 4 heteroatoms. The molecule has 0 spiro atoms. The van der Waals surface area contributed by atoms with E-state index in [9.17, 15) is 4.79 Å². The van der Waals surface area contributed by atoms with E-state index in [1.165, 1.54) is 0 Å². The quantitative estimate of drug-likeness (QED) is 0.848. The Kier molecular flexibility index (Phi) is 4.02. The zero-order valence-corrected chi connectivity index (χ0v) is 12.7.